The Kier molecular flexibility index (Phi) is 8.58. The maximum atomic E-state index is 12.9. The maximum Gasteiger partial charge on any atom is 0.316 e. The number of rotatable bonds is 8. The molecule has 0 aromatic heterocycles. The van der Waals surface area contributed by atoms with E-state index in [2.05, 4.69) is 5.32 Å². The number of halogens is 1. The number of esters is 1. The number of hydrogen-bond donors (Lipinski definition) is 1. The van der Waals surface area contributed by atoms with Gasteiger partial charge in [-0.05, 0) is 61.7 Å². The minimum Gasteiger partial charge on any atom is -0.455 e. The van der Waals surface area contributed by atoms with E-state index in [0.717, 1.165) is 24.2 Å². The third-order valence-corrected chi connectivity index (χ3v) is 8.10. The zero-order valence-electron chi connectivity index (χ0n) is 17.7. The van der Waals surface area contributed by atoms with Crippen molar-refractivity contribution in [3.05, 3.63) is 53.1 Å². The lowest BCUT2D eigenvalue weighted by Gasteiger charge is -2.26. The van der Waals surface area contributed by atoms with Gasteiger partial charge >= 0.3 is 5.97 Å². The van der Waals surface area contributed by atoms with Crippen LogP contribution in [0.5, 0.6) is 0 Å². The maximum absolute atomic E-state index is 12.9. The predicted molar refractivity (Wildman–Crippen MR) is 126 cm³/mol. The summed E-state index contributed by atoms with van der Waals surface area (Å²) in [6, 6.07) is 11.7. The topological polar surface area (TPSA) is 92.8 Å². The summed E-state index contributed by atoms with van der Waals surface area (Å²) in [5.41, 5.74) is 1.08. The van der Waals surface area contributed by atoms with Crippen molar-refractivity contribution < 1.29 is 22.7 Å². The molecule has 32 heavy (non-hydrogen) atoms. The fourth-order valence-electron chi connectivity index (χ4n) is 3.20. The quantitative estimate of drug-likeness (QED) is 0.437. The second-order valence-corrected chi connectivity index (χ2v) is 10.8. The van der Waals surface area contributed by atoms with Gasteiger partial charge in [0.05, 0.1) is 10.6 Å². The first-order chi connectivity index (χ1) is 15.3. The Balaban J connectivity index is 1.54. The third kappa shape index (κ3) is 6.71. The average molecular weight is 497 g/mol. The zero-order chi connectivity index (χ0) is 23.1. The lowest BCUT2D eigenvalue weighted by molar-refractivity contribution is -0.144. The molecular formula is C22H25ClN2O5S2. The minimum atomic E-state index is -3.61. The van der Waals surface area contributed by atoms with E-state index in [1.807, 2.05) is 0 Å². The summed E-state index contributed by atoms with van der Waals surface area (Å²) in [7, 11) is -3.61. The Morgan fingerprint density at radius 3 is 2.47 bits per heavy atom. The van der Waals surface area contributed by atoms with Crippen molar-refractivity contribution in [2.24, 2.45) is 0 Å². The van der Waals surface area contributed by atoms with Gasteiger partial charge in [0.25, 0.3) is 5.91 Å². The molecule has 1 aliphatic heterocycles. The Morgan fingerprint density at radius 2 is 1.78 bits per heavy atom. The summed E-state index contributed by atoms with van der Waals surface area (Å²) in [6.07, 6.45) is 2.71. The molecule has 1 heterocycles. The Morgan fingerprint density at radius 1 is 1.09 bits per heavy atom. The van der Waals surface area contributed by atoms with Crippen molar-refractivity contribution in [3.8, 4) is 0 Å². The summed E-state index contributed by atoms with van der Waals surface area (Å²) >= 11 is 7.11. The molecule has 1 aliphatic rings. The molecule has 1 saturated heterocycles. The van der Waals surface area contributed by atoms with Crippen molar-refractivity contribution >= 4 is 50.9 Å². The first kappa shape index (κ1) is 24.6. The van der Waals surface area contributed by atoms with Gasteiger partial charge in [0.2, 0.25) is 10.0 Å². The van der Waals surface area contributed by atoms with Gasteiger partial charge < -0.3 is 10.1 Å². The fourth-order valence-corrected chi connectivity index (χ4v) is 5.56. The second kappa shape index (κ2) is 11.2. The number of amides is 1. The predicted octanol–water partition coefficient (Wildman–Crippen LogP) is 4.10. The Hall–Kier alpha value is -2.07. The van der Waals surface area contributed by atoms with Crippen LogP contribution < -0.4 is 5.32 Å². The number of hydrogen-bond acceptors (Lipinski definition) is 6. The summed E-state index contributed by atoms with van der Waals surface area (Å²) in [4.78, 5) is 25.2. The van der Waals surface area contributed by atoms with Crippen molar-refractivity contribution in [2.75, 3.05) is 30.8 Å². The van der Waals surface area contributed by atoms with Crippen molar-refractivity contribution in [1.82, 2.24) is 4.31 Å². The molecule has 1 N–H and O–H groups in total. The molecule has 0 radical (unpaired) electrons. The van der Waals surface area contributed by atoms with Crippen LogP contribution in [0.2, 0.25) is 5.02 Å². The normalized spacial score (nSPS) is 14.7. The SMILES string of the molecule is Cc1ccc(S(=O)(=O)N2CCCCC2)cc1NC(=O)COC(=O)CSc1ccc(Cl)cc1. The van der Waals surface area contributed by atoms with Crippen molar-refractivity contribution in [1.29, 1.82) is 0 Å². The number of benzene rings is 2. The zero-order valence-corrected chi connectivity index (χ0v) is 20.1. The van der Waals surface area contributed by atoms with Crippen molar-refractivity contribution in [3.63, 3.8) is 0 Å². The van der Waals surface area contributed by atoms with E-state index in [9.17, 15) is 18.0 Å². The fraction of sp³-hybridized carbons (Fsp3) is 0.364. The van der Waals surface area contributed by atoms with Crippen LogP contribution in [0.3, 0.4) is 0 Å². The van der Waals surface area contributed by atoms with Crippen LogP contribution in [-0.4, -0.2) is 50.0 Å². The van der Waals surface area contributed by atoms with Crippen LogP contribution >= 0.6 is 23.4 Å². The molecule has 0 bridgehead atoms. The van der Waals surface area contributed by atoms with Crippen LogP contribution in [0, 0.1) is 6.92 Å². The Labute approximate surface area is 197 Å². The van der Waals surface area contributed by atoms with E-state index >= 15 is 0 Å². The summed E-state index contributed by atoms with van der Waals surface area (Å²) < 4.78 is 32.3. The number of piperidine rings is 1. The van der Waals surface area contributed by atoms with E-state index in [0.29, 0.717) is 29.4 Å². The highest BCUT2D eigenvalue weighted by molar-refractivity contribution is 8.00. The standard InChI is InChI=1S/C22H25ClN2O5S2/c1-16-5-10-19(32(28,29)25-11-3-2-4-12-25)13-20(16)24-21(26)14-30-22(27)15-31-18-8-6-17(23)7-9-18/h5-10,13H,2-4,11-12,14-15H2,1H3,(H,24,26). The third-order valence-electron chi connectivity index (χ3n) is 4.97. The summed E-state index contributed by atoms with van der Waals surface area (Å²) in [5.74, 6) is -1.01. The van der Waals surface area contributed by atoms with Gasteiger partial charge in [0.15, 0.2) is 6.61 Å². The number of aryl methyl sites for hydroxylation is 1. The number of nitrogens with zero attached hydrogens (tertiary/aromatic N) is 1. The molecule has 3 rings (SSSR count). The molecule has 1 fully saturated rings. The van der Waals surface area contributed by atoms with Gasteiger partial charge in [-0.25, -0.2) is 8.42 Å². The molecule has 1 amide bonds. The monoisotopic (exact) mass is 496 g/mol. The van der Waals surface area contributed by atoms with Crippen LogP contribution in [0.25, 0.3) is 0 Å². The van der Waals surface area contributed by atoms with Gasteiger partial charge in [-0.1, -0.05) is 24.1 Å². The lowest BCUT2D eigenvalue weighted by Crippen LogP contribution is -2.35. The van der Waals surface area contributed by atoms with Gasteiger partial charge in [-0.3, -0.25) is 9.59 Å². The first-order valence-corrected chi connectivity index (χ1v) is 13.0. The van der Waals surface area contributed by atoms with Crippen LogP contribution in [0.4, 0.5) is 5.69 Å². The highest BCUT2D eigenvalue weighted by atomic mass is 35.5. The van der Waals surface area contributed by atoms with Crippen LogP contribution in [-0.2, 0) is 24.3 Å². The number of thioether (sulfide) groups is 1. The molecule has 0 spiro atoms. The van der Waals surface area contributed by atoms with Crippen LogP contribution in [0.15, 0.2) is 52.3 Å². The largest absolute Gasteiger partial charge is 0.455 e. The van der Waals surface area contributed by atoms with E-state index < -0.39 is 28.5 Å². The molecular weight excluding hydrogens is 472 g/mol. The van der Waals surface area contributed by atoms with Gasteiger partial charge in [0.1, 0.15) is 0 Å². The number of ether oxygens (including phenoxy) is 1. The molecule has 2 aromatic rings. The number of nitrogens with one attached hydrogen (secondary N) is 1. The number of carbonyl (C=O) groups is 2. The molecule has 0 atom stereocenters. The molecule has 0 aliphatic carbocycles. The molecule has 172 valence electrons. The molecule has 0 saturated carbocycles. The number of carbonyl (C=O) groups excluding carboxylic acids is 2. The smallest absolute Gasteiger partial charge is 0.316 e. The van der Waals surface area contributed by atoms with E-state index in [1.165, 1.54) is 22.1 Å². The van der Waals surface area contributed by atoms with Gasteiger partial charge in [0, 0.05) is 28.7 Å². The molecule has 7 nitrogen and oxygen atoms in total. The summed E-state index contributed by atoms with van der Waals surface area (Å²) in [6.45, 7) is 2.31. The van der Waals surface area contributed by atoms with Crippen molar-refractivity contribution in [2.45, 2.75) is 36.0 Å². The van der Waals surface area contributed by atoms with E-state index in [1.54, 1.807) is 43.3 Å². The number of anilines is 1. The van der Waals surface area contributed by atoms with Crippen LogP contribution in [0.1, 0.15) is 24.8 Å². The molecule has 10 heteroatoms. The highest BCUT2D eigenvalue weighted by Crippen LogP contribution is 2.25. The summed E-state index contributed by atoms with van der Waals surface area (Å²) in [5, 5.41) is 3.25. The van der Waals surface area contributed by atoms with E-state index in [-0.39, 0.29) is 10.6 Å². The minimum absolute atomic E-state index is 0.0531. The first-order valence-electron chi connectivity index (χ1n) is 10.2. The average Bonchev–Trinajstić information content (AvgIpc) is 2.79. The number of sulfonamides is 1. The van der Waals surface area contributed by atoms with E-state index in [4.69, 9.17) is 16.3 Å². The Bertz CT molecular complexity index is 1070. The lowest BCUT2D eigenvalue weighted by atomic mass is 10.2. The second-order valence-electron chi connectivity index (χ2n) is 7.39. The van der Waals surface area contributed by atoms with Gasteiger partial charge in [-0.2, -0.15) is 4.31 Å². The molecule has 2 aromatic carbocycles. The van der Waals surface area contributed by atoms with Gasteiger partial charge in [-0.15, -0.1) is 11.8 Å². The molecule has 0 unspecified atom stereocenters. The highest BCUT2D eigenvalue weighted by Gasteiger charge is 2.26.